The van der Waals surface area contributed by atoms with E-state index in [1.54, 1.807) is 84.0 Å². The maximum atomic E-state index is 12.9. The zero-order chi connectivity index (χ0) is 111. The molecule has 57 heteroatoms. The number of rotatable bonds is 25. The number of ether oxygens (including phenoxy) is 12. The van der Waals surface area contributed by atoms with Crippen molar-refractivity contribution in [3.8, 4) is 73.6 Å². The molecule has 9 aromatic heterocycles. The molecule has 2 aliphatic rings. The number of hydrogen-bond donors (Lipinski definition) is 10. The van der Waals surface area contributed by atoms with E-state index in [-0.39, 0.29) is 107 Å². The average molecular weight is 2310 g/mol. The fourth-order valence-corrected chi connectivity index (χ4v) is 16.0. The van der Waals surface area contributed by atoms with Gasteiger partial charge in [0, 0.05) is 127 Å². The summed E-state index contributed by atoms with van der Waals surface area (Å²) in [6.07, 6.45) is 17.8. The number of aromatic nitrogens is 15. The number of nitrogen functional groups attached to an aromatic ring is 3. The number of pyridine rings is 3. The molecule has 2 saturated heterocycles. The lowest BCUT2D eigenvalue weighted by Gasteiger charge is -2.22. The first-order valence-corrected chi connectivity index (χ1v) is 55.2. The van der Waals surface area contributed by atoms with Crippen LogP contribution >= 0.6 is 115 Å². The van der Waals surface area contributed by atoms with Gasteiger partial charge >= 0.3 is 26.3 Å². The number of halogens is 6. The van der Waals surface area contributed by atoms with Crippen molar-refractivity contribution >= 4 is 214 Å². The Morgan fingerprint density at radius 2 is 0.967 bits per heavy atom. The number of amides is 1. The summed E-state index contributed by atoms with van der Waals surface area (Å²) >= 11 is 31.2. The summed E-state index contributed by atoms with van der Waals surface area (Å²) in [6.45, 7) is 15.9. The third-order valence-electron chi connectivity index (χ3n) is 19.9. The van der Waals surface area contributed by atoms with Gasteiger partial charge in [0.2, 0.25) is 20.9 Å². The standard InChI is InChI=1S/C20H20Cl2N4O4.C16H13Cl2N3O5S.C16H15N3O3S.C12H16O3.C9H18N2O3.C8H11N3O2S.C6H9N3OS.C6H7N3OS.Cl2O2S/c1-9-7-30-8-12(9)24-20-23-6-10-4-11(19(27)25-18(10)26-20)15-16(21)13(28-2)5-14(29-3)17(15)22;1-25-9-5-10(26-2)13(18)11(12(9)17)8-4-7-6-19-16(27(3,23)24)21-14(7)20-15(8)22;1-21-11-4-9(5-12(7-11)22-2)13-6-10-8-17-16(23-3)19-14(10)18-15(13)20;1-4-15-12(13)8-10-5-9(2)6-11(7-10)14-3;1-9(2,3)14-8(12)11-7-5-13-4-6(7)10;1-3-13-7(12)5-4-10-8(14-2)11-6(5)9;2*1-11-6-8-2-4(3-10)5(7)9-6;1-5(2,3)4/h4-6,9,12H,7-8H2,1-3H3,(H2,23,24,25,26,27);4-6H,1-3H3,(H,19,20,21,22);4-8H,1-3H3,(H,17,18,19,20);5-7H,4,8H2,1-3H3;6-7H,4-5,10H2,1-3H3,(H,11,12);4H,3H2,1-2H3,(H2,9,10,11);2,10H,3H2,1H3,(H2,7,8,9);2-3H,1H3,(H2,7,8,9);/t9-,12+;;;;6-,7+;;;;/m0...1..../s1. The van der Waals surface area contributed by atoms with Crippen molar-refractivity contribution in [3.05, 3.63) is 183 Å². The zero-order valence-electron chi connectivity index (χ0n) is 84.1. The van der Waals surface area contributed by atoms with Gasteiger partial charge in [0.05, 0.1) is 157 Å². The second-order valence-electron chi connectivity index (χ2n) is 31.6. The highest BCUT2D eigenvalue weighted by Crippen LogP contribution is 2.47. The molecule has 2 aliphatic heterocycles. The summed E-state index contributed by atoms with van der Waals surface area (Å²) in [5.41, 5.74) is 26.7. The summed E-state index contributed by atoms with van der Waals surface area (Å²) in [5, 5.41) is 19.1. The Bertz CT molecular complexity index is 7260. The minimum atomic E-state index is -3.72. The molecule has 808 valence electrons. The quantitative estimate of drug-likeness (QED) is 0.00634. The van der Waals surface area contributed by atoms with Crippen molar-refractivity contribution in [1.29, 1.82) is 0 Å². The number of fused-ring (bicyclic) bond motifs is 3. The Morgan fingerprint density at radius 3 is 1.40 bits per heavy atom. The van der Waals surface area contributed by atoms with Crippen LogP contribution in [0.2, 0.25) is 20.1 Å². The molecule has 0 bridgehead atoms. The Hall–Kier alpha value is -12.5. The van der Waals surface area contributed by atoms with Crippen LogP contribution in [0.25, 0.3) is 66.5 Å². The number of aryl methyl sites for hydroxylation is 1. The minimum absolute atomic E-state index is 0.0706. The van der Waals surface area contributed by atoms with Gasteiger partial charge in [-0.3, -0.25) is 24.0 Å². The number of carbonyl (C=O) groups is 4. The van der Waals surface area contributed by atoms with Crippen LogP contribution in [0.4, 0.5) is 28.2 Å². The van der Waals surface area contributed by atoms with Crippen LogP contribution in [0, 0.1) is 12.8 Å². The monoisotopic (exact) mass is 2310 g/mol. The fourth-order valence-electron chi connectivity index (χ4n) is 12.7. The van der Waals surface area contributed by atoms with Crippen LogP contribution < -0.4 is 83.4 Å². The van der Waals surface area contributed by atoms with E-state index < -0.39 is 52.0 Å². The number of carbonyl (C=O) groups excluding carboxylic acids is 4. The van der Waals surface area contributed by atoms with Crippen molar-refractivity contribution in [3.63, 3.8) is 0 Å². The van der Waals surface area contributed by atoms with Crippen LogP contribution in [0.15, 0.2) is 144 Å². The molecule has 4 atom stereocenters. The van der Waals surface area contributed by atoms with E-state index >= 15 is 0 Å². The smallest absolute Gasteiger partial charge is 0.408 e. The lowest BCUT2D eigenvalue weighted by Crippen LogP contribution is -2.48. The number of thioether (sulfide) groups is 4. The van der Waals surface area contributed by atoms with Gasteiger partial charge in [0.1, 0.15) is 85.8 Å². The van der Waals surface area contributed by atoms with Crippen LogP contribution in [0.1, 0.15) is 78.9 Å². The average Bonchev–Trinajstić information content (AvgIpc) is 1.21. The van der Waals surface area contributed by atoms with Gasteiger partial charge in [-0.25, -0.2) is 72.8 Å². The largest absolute Gasteiger partial charge is 0.497 e. The number of methoxy groups -OCH3 is 7. The molecule has 0 unspecified atom stereocenters. The minimum Gasteiger partial charge on any atom is -0.497 e. The van der Waals surface area contributed by atoms with Gasteiger partial charge in [-0.2, -0.15) is 13.4 Å². The number of nitrogens with one attached hydrogen (secondary N) is 5. The van der Waals surface area contributed by atoms with E-state index in [1.165, 1.54) is 112 Å². The predicted molar refractivity (Wildman–Crippen MR) is 581 cm³/mol. The number of hydrogen-bond acceptors (Lipinski definition) is 45. The number of esters is 2. The number of sulfone groups is 1. The summed E-state index contributed by atoms with van der Waals surface area (Å²) in [6, 6.07) is 18.9. The van der Waals surface area contributed by atoms with Gasteiger partial charge < -0.3 is 110 Å². The number of aromatic amines is 3. The first-order chi connectivity index (χ1) is 71.0. The van der Waals surface area contributed by atoms with Crippen molar-refractivity contribution in [1.82, 2.24) is 80.1 Å². The van der Waals surface area contributed by atoms with E-state index in [2.05, 4.69) is 114 Å². The van der Waals surface area contributed by atoms with E-state index in [4.69, 9.17) is 140 Å². The van der Waals surface area contributed by atoms with E-state index in [1.807, 2.05) is 70.9 Å². The molecule has 13 aromatic rings. The number of aliphatic hydroxyl groups excluding tert-OH is 1. The Balaban J connectivity index is 0.000000236. The molecule has 150 heavy (non-hydrogen) atoms. The van der Waals surface area contributed by atoms with Crippen LogP contribution in [-0.2, 0) is 59.6 Å². The molecule has 2 fully saturated rings. The molecule has 0 spiro atoms. The second kappa shape index (κ2) is 59.4. The molecule has 1 amide bonds. The summed E-state index contributed by atoms with van der Waals surface area (Å²) in [7, 11) is 11.7. The van der Waals surface area contributed by atoms with Gasteiger partial charge in [-0.1, -0.05) is 106 Å². The number of alkyl carbamates (subject to hydrolysis) is 1. The van der Waals surface area contributed by atoms with Crippen LogP contribution in [-0.4, -0.2) is 265 Å². The topological polar surface area (TPSA) is 649 Å². The van der Waals surface area contributed by atoms with Crippen LogP contribution in [0.3, 0.4) is 0 Å². The summed E-state index contributed by atoms with van der Waals surface area (Å²) in [4.78, 5) is 139. The van der Waals surface area contributed by atoms with E-state index in [9.17, 15) is 42.0 Å². The molecule has 4 aromatic carbocycles. The van der Waals surface area contributed by atoms with Gasteiger partial charge in [0.15, 0.2) is 26.9 Å². The molecule has 45 nitrogen and oxygen atoms in total. The number of aliphatic hydroxyl groups is 1. The summed E-state index contributed by atoms with van der Waals surface area (Å²) in [5.74, 6) is 4.07. The highest BCUT2D eigenvalue weighted by atomic mass is 36.0. The predicted octanol–water partition coefficient (Wildman–Crippen LogP) is 14.1. The Kier molecular flexibility index (Phi) is 49.3. The number of anilines is 4. The van der Waals surface area contributed by atoms with E-state index in [0.717, 1.165) is 28.5 Å². The highest BCUT2D eigenvalue weighted by molar-refractivity contribution is 8.31. The molecular formula is C93H109Cl6N21O24S6. The van der Waals surface area contributed by atoms with Crippen LogP contribution in [0.5, 0.6) is 40.2 Å². The fraction of sp³-hybridized carbons (Fsp3) is 0.344. The first-order valence-electron chi connectivity index (χ1n) is 43.7. The number of H-pyrrole nitrogens is 3. The molecule has 0 saturated carbocycles. The Morgan fingerprint density at radius 1 is 0.533 bits per heavy atom. The van der Waals surface area contributed by atoms with Gasteiger partial charge in [-0.05, 0) is 126 Å². The third-order valence-corrected chi connectivity index (χ3v) is 24.6. The maximum absolute atomic E-state index is 12.9. The molecule has 15 rings (SSSR count). The zero-order valence-corrected chi connectivity index (χ0v) is 93.5. The number of aldehydes is 1. The normalized spacial score (nSPS) is 13.7. The van der Waals surface area contributed by atoms with Gasteiger partial charge in [-0.15, -0.1) is 0 Å². The molecule has 14 N–H and O–H groups in total. The summed E-state index contributed by atoms with van der Waals surface area (Å²) < 4.78 is 103. The molecule has 0 aliphatic carbocycles. The van der Waals surface area contributed by atoms with Crippen molar-refractivity contribution in [2.45, 2.75) is 111 Å². The third kappa shape index (κ3) is 37.3. The first kappa shape index (κ1) is 124. The Labute approximate surface area is 907 Å². The molecular weight excluding hydrogens is 2200 g/mol. The number of nitrogens with zero attached hydrogens (tertiary/aromatic N) is 12. The number of benzene rings is 4. The second-order valence-corrected chi connectivity index (χ2v) is 41.8. The lowest BCUT2D eigenvalue weighted by molar-refractivity contribution is -0.142. The lowest BCUT2D eigenvalue weighted by atomic mass is 10.0. The van der Waals surface area contributed by atoms with E-state index in [0.29, 0.717) is 164 Å². The SMILES string of the molecule is CC(C)(C)OC(=O)N[C@H]1COC[C@H]1N.CCOC(=O)Cc1cc(C)cc(OC)c1.CCOC(=O)c1cnc(SC)nc1N.COc1cc(OC)c(Cl)c(-c2cc3cnc(N[C@@H]4COC[C@@H]4C)nc3[nH]c2=O)c1Cl.COc1cc(OC)c(Cl)c(-c2cc3cnc(S(C)(=O)=O)nc3[nH]c2=O)c1Cl.COc1cc(OC)cc(-c2cc3cnc(SC)nc3[nH]c2=O)c1.CSc1ncc(C=O)c(N)n1.CSc1ncc(CO)c(N)n1.O=S(=O)(Cl)Cl. The number of nitrogens with two attached hydrogens (primary N) is 4. The molecule has 11 heterocycles. The van der Waals surface area contributed by atoms with Crippen molar-refractivity contribution in [2.75, 3.05) is 143 Å². The van der Waals surface area contributed by atoms with Crippen molar-refractivity contribution in [2.24, 2.45) is 11.7 Å². The maximum Gasteiger partial charge on any atom is 0.408 e. The molecule has 0 radical (unpaired) electrons. The van der Waals surface area contributed by atoms with Gasteiger partial charge in [0.25, 0.3) is 16.7 Å². The highest BCUT2D eigenvalue weighted by Gasteiger charge is 2.31. The van der Waals surface area contributed by atoms with Crippen molar-refractivity contribution < 1.29 is 98.0 Å².